The van der Waals surface area contributed by atoms with Gasteiger partial charge in [-0.2, -0.15) is 0 Å². The van der Waals surface area contributed by atoms with Gasteiger partial charge in [0.1, 0.15) is 13.2 Å². The molecular weight excluding hydrogens is 887 g/mol. The number of carboxylic acid groups (broad SMARTS) is 1. The fourth-order valence-electron chi connectivity index (χ4n) is 8.73. The van der Waals surface area contributed by atoms with Gasteiger partial charge in [-0.05, 0) is 51.4 Å². The maximum Gasteiger partial charge on any atom is 0.361 e. The van der Waals surface area contributed by atoms with Gasteiger partial charge in [-0.3, -0.25) is 9.59 Å². The standard InChI is InChI=1S/C62H115NO8/c1-6-8-10-12-13-14-15-16-17-18-19-20-21-22-23-24-25-26-27-28-29-30-31-32-33-34-35-36-37-38-39-40-41-42-43-44-45-46-47-49-51-53-60(65)71-58(56-69-59(64)52-50-48-11-9-7-2)57-70-62(61(66)67)68-55-54-63(3,4)5/h15-16,18-19,21-22,58,62H,6-14,17,20,23-57H2,1-5H3/p+1/b16-15-,19-18-,22-21-. The molecule has 9 nitrogen and oxygen atoms in total. The van der Waals surface area contributed by atoms with Crippen LogP contribution in [0.15, 0.2) is 36.5 Å². The van der Waals surface area contributed by atoms with Crippen LogP contribution < -0.4 is 0 Å². The largest absolute Gasteiger partial charge is 0.477 e. The Balaban J connectivity index is 3.74. The van der Waals surface area contributed by atoms with Crippen LogP contribution in [-0.2, 0) is 33.3 Å². The summed E-state index contributed by atoms with van der Waals surface area (Å²) in [5.74, 6) is -2.01. The third-order valence-corrected chi connectivity index (χ3v) is 13.4. The zero-order valence-electron chi connectivity index (χ0n) is 47.4. The first-order valence-corrected chi connectivity index (χ1v) is 30.2. The van der Waals surface area contributed by atoms with Crippen LogP contribution in [0.25, 0.3) is 0 Å². The molecule has 0 aromatic rings. The number of nitrogens with zero attached hydrogens (tertiary/aromatic N) is 1. The second-order valence-electron chi connectivity index (χ2n) is 21.7. The molecule has 1 N–H and O–H groups in total. The van der Waals surface area contributed by atoms with Gasteiger partial charge in [-0.15, -0.1) is 0 Å². The Hall–Kier alpha value is -2.49. The van der Waals surface area contributed by atoms with Gasteiger partial charge in [-0.1, -0.05) is 256 Å². The van der Waals surface area contributed by atoms with Crippen molar-refractivity contribution >= 4 is 17.9 Å². The molecule has 416 valence electrons. The van der Waals surface area contributed by atoms with Crippen LogP contribution in [0.1, 0.15) is 284 Å². The van der Waals surface area contributed by atoms with Crippen LogP contribution in [0.4, 0.5) is 0 Å². The maximum absolute atomic E-state index is 12.8. The summed E-state index contributed by atoms with van der Waals surface area (Å²) in [6, 6.07) is 0. The van der Waals surface area contributed by atoms with Crippen molar-refractivity contribution in [2.75, 3.05) is 47.5 Å². The Kier molecular flexibility index (Phi) is 51.9. The third-order valence-electron chi connectivity index (χ3n) is 13.4. The van der Waals surface area contributed by atoms with Crippen molar-refractivity contribution in [1.82, 2.24) is 0 Å². The fraction of sp³-hybridized carbons (Fsp3) is 0.855. The SMILES string of the molecule is CCCCCCC/C=C\C/C=C\C/C=C\CCCCCCCCCCCCCCCCCCCCCCCCCCCCC(=O)OC(COC(=O)CCCCCCC)COC(OCC[N+](C)(C)C)C(=O)O. The Morgan fingerprint density at radius 2 is 0.761 bits per heavy atom. The molecule has 0 radical (unpaired) electrons. The van der Waals surface area contributed by atoms with Crippen LogP contribution in [0.3, 0.4) is 0 Å². The second-order valence-corrected chi connectivity index (χ2v) is 21.7. The molecule has 0 aliphatic carbocycles. The third kappa shape index (κ3) is 55.1. The highest BCUT2D eigenvalue weighted by Gasteiger charge is 2.25. The zero-order valence-corrected chi connectivity index (χ0v) is 47.4. The fourth-order valence-corrected chi connectivity index (χ4v) is 8.73. The molecule has 0 fully saturated rings. The Bertz CT molecular complexity index is 1260. The summed E-state index contributed by atoms with van der Waals surface area (Å²) in [5.41, 5.74) is 0. The average Bonchev–Trinajstić information content (AvgIpc) is 3.34. The smallest absolute Gasteiger partial charge is 0.361 e. The lowest BCUT2D eigenvalue weighted by molar-refractivity contribution is -0.870. The van der Waals surface area contributed by atoms with Crippen molar-refractivity contribution in [2.45, 2.75) is 296 Å². The predicted molar refractivity (Wildman–Crippen MR) is 300 cm³/mol. The molecular formula is C62H116NO8+. The molecule has 2 atom stereocenters. The van der Waals surface area contributed by atoms with Gasteiger partial charge in [0.15, 0.2) is 6.10 Å². The average molecular weight is 1000 g/mol. The number of aliphatic carboxylic acids is 1. The lowest BCUT2D eigenvalue weighted by Gasteiger charge is -2.25. The van der Waals surface area contributed by atoms with E-state index in [1.54, 1.807) is 0 Å². The first-order chi connectivity index (χ1) is 34.6. The van der Waals surface area contributed by atoms with Gasteiger partial charge in [0, 0.05) is 12.8 Å². The monoisotopic (exact) mass is 1000 g/mol. The van der Waals surface area contributed by atoms with Crippen molar-refractivity contribution in [2.24, 2.45) is 0 Å². The molecule has 0 amide bonds. The first kappa shape index (κ1) is 68.5. The number of unbranched alkanes of at least 4 members (excludes halogenated alkanes) is 35. The van der Waals surface area contributed by atoms with E-state index in [1.807, 2.05) is 21.1 Å². The lowest BCUT2D eigenvalue weighted by Crippen LogP contribution is -2.40. The Morgan fingerprint density at radius 1 is 0.423 bits per heavy atom. The highest BCUT2D eigenvalue weighted by atomic mass is 16.7. The number of carboxylic acids is 1. The summed E-state index contributed by atoms with van der Waals surface area (Å²) in [6.07, 6.45) is 63.3. The number of esters is 2. The molecule has 0 saturated heterocycles. The minimum absolute atomic E-state index is 0.178. The summed E-state index contributed by atoms with van der Waals surface area (Å²) in [4.78, 5) is 36.9. The molecule has 0 aliphatic heterocycles. The number of ether oxygens (including phenoxy) is 4. The van der Waals surface area contributed by atoms with Gasteiger partial charge in [0.05, 0.1) is 34.4 Å². The molecule has 0 aromatic carbocycles. The number of likely N-dealkylation sites (N-methyl/N-ethyl adjacent to an activating group) is 1. The molecule has 0 aliphatic rings. The van der Waals surface area contributed by atoms with Gasteiger partial charge in [0.2, 0.25) is 0 Å². The second kappa shape index (κ2) is 53.8. The Labute approximate surface area is 439 Å². The normalized spacial score (nSPS) is 13.0. The number of hydrogen-bond acceptors (Lipinski definition) is 7. The van der Waals surface area contributed by atoms with Crippen LogP contribution in [0.2, 0.25) is 0 Å². The van der Waals surface area contributed by atoms with Crippen LogP contribution >= 0.6 is 0 Å². The molecule has 0 rings (SSSR count). The van der Waals surface area contributed by atoms with E-state index in [2.05, 4.69) is 50.3 Å². The first-order valence-electron chi connectivity index (χ1n) is 30.2. The van der Waals surface area contributed by atoms with Crippen molar-refractivity contribution in [3.63, 3.8) is 0 Å². The van der Waals surface area contributed by atoms with Gasteiger partial charge in [-0.25, -0.2) is 4.79 Å². The van der Waals surface area contributed by atoms with Gasteiger partial charge in [0.25, 0.3) is 6.29 Å². The topological polar surface area (TPSA) is 108 Å². The minimum Gasteiger partial charge on any atom is -0.477 e. The lowest BCUT2D eigenvalue weighted by atomic mass is 10.0. The van der Waals surface area contributed by atoms with E-state index in [0.29, 0.717) is 17.4 Å². The van der Waals surface area contributed by atoms with E-state index in [-0.39, 0.29) is 32.2 Å². The maximum atomic E-state index is 12.8. The summed E-state index contributed by atoms with van der Waals surface area (Å²) < 4.78 is 22.6. The number of quaternary nitrogens is 1. The molecule has 2 unspecified atom stereocenters. The molecule has 71 heavy (non-hydrogen) atoms. The van der Waals surface area contributed by atoms with Crippen molar-refractivity contribution < 1.29 is 42.9 Å². The van der Waals surface area contributed by atoms with Crippen LogP contribution in [0.5, 0.6) is 0 Å². The number of rotatable bonds is 56. The van der Waals surface area contributed by atoms with Gasteiger partial charge < -0.3 is 28.5 Å². The quantitative estimate of drug-likeness (QED) is 0.0211. The van der Waals surface area contributed by atoms with E-state index in [1.165, 1.54) is 193 Å². The summed E-state index contributed by atoms with van der Waals surface area (Å²) >= 11 is 0. The van der Waals surface area contributed by atoms with Crippen molar-refractivity contribution in [1.29, 1.82) is 0 Å². The van der Waals surface area contributed by atoms with Crippen molar-refractivity contribution in [3.05, 3.63) is 36.5 Å². The minimum atomic E-state index is -1.50. The molecule has 0 bridgehead atoms. The molecule has 0 spiro atoms. The van der Waals surface area contributed by atoms with Gasteiger partial charge >= 0.3 is 17.9 Å². The van der Waals surface area contributed by atoms with E-state index >= 15 is 0 Å². The highest BCUT2D eigenvalue weighted by Crippen LogP contribution is 2.17. The summed E-state index contributed by atoms with van der Waals surface area (Å²) in [7, 11) is 5.96. The molecule has 0 saturated carbocycles. The van der Waals surface area contributed by atoms with E-state index in [0.717, 1.165) is 64.2 Å². The molecule has 0 aromatic heterocycles. The number of carbonyl (C=O) groups excluding carboxylic acids is 2. The summed E-state index contributed by atoms with van der Waals surface area (Å²) in [6.45, 7) is 4.79. The van der Waals surface area contributed by atoms with Crippen LogP contribution in [0, 0.1) is 0 Å². The van der Waals surface area contributed by atoms with Crippen molar-refractivity contribution in [3.8, 4) is 0 Å². The molecule has 0 heterocycles. The molecule has 9 heteroatoms. The number of carbonyl (C=O) groups is 3. The predicted octanol–water partition coefficient (Wildman–Crippen LogP) is 17.7. The highest BCUT2D eigenvalue weighted by molar-refractivity contribution is 5.71. The van der Waals surface area contributed by atoms with E-state index in [4.69, 9.17) is 18.9 Å². The van der Waals surface area contributed by atoms with E-state index < -0.39 is 24.3 Å². The Morgan fingerprint density at radius 3 is 1.13 bits per heavy atom. The zero-order chi connectivity index (χ0) is 52.0. The van der Waals surface area contributed by atoms with E-state index in [9.17, 15) is 19.5 Å². The number of allylic oxidation sites excluding steroid dienone is 6. The summed E-state index contributed by atoms with van der Waals surface area (Å²) in [5, 5.41) is 9.62. The number of hydrogen-bond donors (Lipinski definition) is 1. The van der Waals surface area contributed by atoms with Crippen LogP contribution in [-0.4, -0.2) is 87.4 Å².